The third kappa shape index (κ3) is 5.61. The van der Waals surface area contributed by atoms with Crippen LogP contribution in [0.25, 0.3) is 6.08 Å². The molecule has 1 aliphatic heterocycles. The zero-order valence-electron chi connectivity index (χ0n) is 17.5. The number of thioether (sulfide) groups is 1. The number of furan rings is 1. The van der Waals surface area contributed by atoms with E-state index >= 15 is 0 Å². The Morgan fingerprint density at radius 2 is 1.93 bits per heavy atom. The Hall–Kier alpha value is -2.38. The quantitative estimate of drug-likeness (QED) is 0.442. The Morgan fingerprint density at radius 1 is 1.20 bits per heavy atom. The molecule has 1 aromatic carbocycles. The third-order valence-electron chi connectivity index (χ3n) is 4.76. The molecule has 1 aromatic heterocycles. The van der Waals surface area contributed by atoms with Crippen LogP contribution in [0.5, 0.6) is 0 Å². The van der Waals surface area contributed by atoms with Crippen LogP contribution in [0, 0.1) is 0 Å². The average Bonchev–Trinajstić information content (AvgIpc) is 3.29. The molecule has 2 aromatic rings. The first-order chi connectivity index (χ1) is 14.3. The van der Waals surface area contributed by atoms with Crippen molar-refractivity contribution < 1.29 is 14.0 Å². The zero-order chi connectivity index (χ0) is 21.7. The van der Waals surface area contributed by atoms with Gasteiger partial charge in [-0.2, -0.15) is 0 Å². The zero-order valence-corrected chi connectivity index (χ0v) is 19.1. The summed E-state index contributed by atoms with van der Waals surface area (Å²) in [6.45, 7) is 7.10. The van der Waals surface area contributed by atoms with Crippen molar-refractivity contribution in [3.63, 3.8) is 0 Å². The van der Waals surface area contributed by atoms with Gasteiger partial charge in [0.1, 0.15) is 10.1 Å². The Balaban J connectivity index is 1.58. The highest BCUT2D eigenvalue weighted by atomic mass is 32.2. The number of hydrogen-bond acceptors (Lipinski definition) is 5. The molecule has 0 bridgehead atoms. The standard InChI is InChI=1S/C23H26N2O3S2/c1-23(2,3)25(16-17-9-5-4-6-10-17)20(26)12-7-13-24-21(27)19(30-22(24)29)15-18-11-8-14-28-18/h4-6,8-11,14-15H,7,12-13,16H2,1-3H3/b19-15+. The number of rotatable bonds is 7. The summed E-state index contributed by atoms with van der Waals surface area (Å²) < 4.78 is 5.80. The van der Waals surface area contributed by atoms with Crippen molar-refractivity contribution in [2.24, 2.45) is 0 Å². The van der Waals surface area contributed by atoms with Crippen molar-refractivity contribution in [2.45, 2.75) is 45.7 Å². The second-order valence-corrected chi connectivity index (χ2v) is 9.76. The SMILES string of the molecule is CC(C)(C)N(Cc1ccccc1)C(=O)CCCN1C(=O)/C(=C\c2ccco2)SC1=S. The number of carbonyl (C=O) groups is 2. The molecule has 1 aliphatic rings. The van der Waals surface area contributed by atoms with E-state index in [4.69, 9.17) is 16.6 Å². The number of carbonyl (C=O) groups excluding carboxylic acids is 2. The Labute approximate surface area is 187 Å². The second kappa shape index (κ2) is 9.62. The van der Waals surface area contributed by atoms with Crippen molar-refractivity contribution in [3.05, 3.63) is 65.0 Å². The molecule has 2 heterocycles. The maximum atomic E-state index is 13.0. The maximum Gasteiger partial charge on any atom is 0.266 e. The predicted octanol–water partition coefficient (Wildman–Crippen LogP) is 5.09. The van der Waals surface area contributed by atoms with Crippen molar-refractivity contribution in [1.82, 2.24) is 9.80 Å². The minimum Gasteiger partial charge on any atom is -0.465 e. The monoisotopic (exact) mass is 442 g/mol. The first-order valence-corrected chi connectivity index (χ1v) is 11.1. The van der Waals surface area contributed by atoms with Crippen molar-refractivity contribution in [2.75, 3.05) is 6.54 Å². The van der Waals surface area contributed by atoms with Gasteiger partial charge in [0.15, 0.2) is 0 Å². The first-order valence-electron chi connectivity index (χ1n) is 9.89. The van der Waals surface area contributed by atoms with Crippen LogP contribution in [0.2, 0.25) is 0 Å². The lowest BCUT2D eigenvalue weighted by atomic mass is 10.0. The van der Waals surface area contributed by atoms with E-state index < -0.39 is 0 Å². The molecule has 0 spiro atoms. The summed E-state index contributed by atoms with van der Waals surface area (Å²) in [6.07, 6.45) is 4.18. The molecular weight excluding hydrogens is 416 g/mol. The number of thiocarbonyl (C=S) groups is 1. The summed E-state index contributed by atoms with van der Waals surface area (Å²) in [4.78, 5) is 29.6. The summed E-state index contributed by atoms with van der Waals surface area (Å²) in [5, 5.41) is 0. The summed E-state index contributed by atoms with van der Waals surface area (Å²) in [5.41, 5.74) is 0.807. The third-order valence-corrected chi connectivity index (χ3v) is 6.13. The van der Waals surface area contributed by atoms with E-state index in [-0.39, 0.29) is 17.4 Å². The van der Waals surface area contributed by atoms with E-state index in [9.17, 15) is 9.59 Å². The summed E-state index contributed by atoms with van der Waals surface area (Å²) in [5.74, 6) is 0.557. The van der Waals surface area contributed by atoms with Crippen molar-refractivity contribution in [1.29, 1.82) is 0 Å². The molecule has 1 fully saturated rings. The summed E-state index contributed by atoms with van der Waals surface area (Å²) in [7, 11) is 0. The second-order valence-electron chi connectivity index (χ2n) is 8.09. The molecule has 158 valence electrons. The molecule has 2 amide bonds. The first kappa shape index (κ1) is 22.3. The van der Waals surface area contributed by atoms with Crippen LogP contribution in [-0.2, 0) is 16.1 Å². The lowest BCUT2D eigenvalue weighted by Gasteiger charge is -2.36. The minimum atomic E-state index is -0.291. The van der Waals surface area contributed by atoms with Gasteiger partial charge in [-0.05, 0) is 44.9 Å². The van der Waals surface area contributed by atoms with Crippen LogP contribution < -0.4 is 0 Å². The predicted molar refractivity (Wildman–Crippen MR) is 125 cm³/mol. The number of benzene rings is 1. The van der Waals surface area contributed by atoms with Crippen LogP contribution in [0.3, 0.4) is 0 Å². The Morgan fingerprint density at radius 3 is 2.57 bits per heavy atom. The minimum absolute atomic E-state index is 0.0721. The van der Waals surface area contributed by atoms with Gasteiger partial charge in [-0.3, -0.25) is 14.5 Å². The molecule has 0 saturated carbocycles. The van der Waals surface area contributed by atoms with E-state index in [1.54, 1.807) is 29.4 Å². The van der Waals surface area contributed by atoms with Gasteiger partial charge in [0.2, 0.25) is 5.91 Å². The van der Waals surface area contributed by atoms with Crippen molar-refractivity contribution >= 4 is 46.2 Å². The van der Waals surface area contributed by atoms with Gasteiger partial charge < -0.3 is 9.32 Å². The summed E-state index contributed by atoms with van der Waals surface area (Å²) >= 11 is 6.63. The van der Waals surface area contributed by atoms with Gasteiger partial charge >= 0.3 is 0 Å². The molecular formula is C23H26N2O3S2. The van der Waals surface area contributed by atoms with Crippen LogP contribution in [0.4, 0.5) is 0 Å². The van der Waals surface area contributed by atoms with Crippen molar-refractivity contribution in [3.8, 4) is 0 Å². The highest BCUT2D eigenvalue weighted by molar-refractivity contribution is 8.26. The lowest BCUT2D eigenvalue weighted by Crippen LogP contribution is -2.45. The Bertz CT molecular complexity index is 931. The van der Waals surface area contributed by atoms with Crippen LogP contribution in [0.1, 0.15) is 44.9 Å². The smallest absolute Gasteiger partial charge is 0.266 e. The number of hydrogen-bond donors (Lipinski definition) is 0. The maximum absolute atomic E-state index is 13.0. The molecule has 0 unspecified atom stereocenters. The van der Waals surface area contributed by atoms with E-state index in [1.807, 2.05) is 56.0 Å². The molecule has 1 saturated heterocycles. The summed E-state index contributed by atoms with van der Waals surface area (Å²) in [6, 6.07) is 13.5. The fraction of sp³-hybridized carbons (Fsp3) is 0.348. The van der Waals surface area contributed by atoms with E-state index in [2.05, 4.69) is 0 Å². The van der Waals surface area contributed by atoms with Gasteiger partial charge in [0.05, 0.1) is 11.2 Å². The largest absolute Gasteiger partial charge is 0.465 e. The fourth-order valence-electron chi connectivity index (χ4n) is 3.18. The molecule has 3 rings (SSSR count). The highest BCUT2D eigenvalue weighted by Gasteiger charge is 2.32. The van der Waals surface area contributed by atoms with E-state index in [0.29, 0.717) is 40.9 Å². The average molecular weight is 443 g/mol. The molecule has 7 heteroatoms. The molecule has 0 aliphatic carbocycles. The normalized spacial score (nSPS) is 15.8. The van der Waals surface area contributed by atoms with E-state index in [0.717, 1.165) is 5.56 Å². The van der Waals surface area contributed by atoms with E-state index in [1.165, 1.54) is 11.8 Å². The fourth-order valence-corrected chi connectivity index (χ4v) is 4.47. The van der Waals surface area contributed by atoms with Gasteiger partial charge in [0.25, 0.3) is 5.91 Å². The van der Waals surface area contributed by atoms with Gasteiger partial charge in [0, 0.05) is 31.1 Å². The topological polar surface area (TPSA) is 53.8 Å². The molecule has 0 N–H and O–H groups in total. The van der Waals surface area contributed by atoms with Crippen LogP contribution in [-0.4, -0.2) is 38.0 Å². The highest BCUT2D eigenvalue weighted by Crippen LogP contribution is 2.32. The van der Waals surface area contributed by atoms with Crippen LogP contribution in [0.15, 0.2) is 58.1 Å². The Kier molecular flexibility index (Phi) is 7.15. The molecule has 0 atom stereocenters. The molecule has 30 heavy (non-hydrogen) atoms. The molecule has 5 nitrogen and oxygen atoms in total. The van der Waals surface area contributed by atoms with Gasteiger partial charge in [-0.25, -0.2) is 0 Å². The van der Waals surface area contributed by atoms with Gasteiger partial charge in [-0.15, -0.1) is 0 Å². The molecule has 0 radical (unpaired) electrons. The number of amides is 2. The van der Waals surface area contributed by atoms with Gasteiger partial charge in [-0.1, -0.05) is 54.3 Å². The number of nitrogens with zero attached hydrogens (tertiary/aromatic N) is 2. The lowest BCUT2D eigenvalue weighted by molar-refractivity contribution is -0.137. The van der Waals surface area contributed by atoms with Crippen LogP contribution >= 0.6 is 24.0 Å².